The summed E-state index contributed by atoms with van der Waals surface area (Å²) in [5.41, 5.74) is -2.77. The number of carbonyl (C=O) groups is 4. The van der Waals surface area contributed by atoms with Crippen molar-refractivity contribution in [2.75, 3.05) is 11.9 Å². The number of anilines is 1. The van der Waals surface area contributed by atoms with Crippen LogP contribution in [0.2, 0.25) is 0 Å². The van der Waals surface area contributed by atoms with Crippen LogP contribution in [0.25, 0.3) is 0 Å². The van der Waals surface area contributed by atoms with Gasteiger partial charge in [-0.05, 0) is 26.0 Å². The number of piperidine rings is 1. The Morgan fingerprint density at radius 1 is 1.08 bits per heavy atom. The number of hydrogen-bond acceptors (Lipinski definition) is 5. The first-order valence-corrected chi connectivity index (χ1v) is 7.69. The minimum atomic E-state index is -1.90. The third-order valence-corrected chi connectivity index (χ3v) is 5.51. The van der Waals surface area contributed by atoms with Crippen LogP contribution in [0.4, 0.5) is 5.69 Å². The largest absolute Gasteiger partial charge is 0.330 e. The molecule has 0 radical (unpaired) electrons. The Bertz CT molecular complexity index is 806. The fourth-order valence-electron chi connectivity index (χ4n) is 4.25. The van der Waals surface area contributed by atoms with Crippen LogP contribution < -0.4 is 4.90 Å². The molecule has 0 aliphatic carbocycles. The molecular weight excluding hydrogens is 312 g/mol. The molecule has 3 saturated heterocycles. The van der Waals surface area contributed by atoms with Gasteiger partial charge < -0.3 is 9.64 Å². The number of ether oxygens (including phenoxy) is 1. The molecule has 3 aliphatic rings. The summed E-state index contributed by atoms with van der Waals surface area (Å²) in [5.74, 6) is -4.12. The number of ketones is 1. The summed E-state index contributed by atoms with van der Waals surface area (Å²) < 4.78 is 5.78. The van der Waals surface area contributed by atoms with Gasteiger partial charge in [-0.1, -0.05) is 18.2 Å². The average Bonchev–Trinajstić information content (AvgIpc) is 3.07. The summed E-state index contributed by atoms with van der Waals surface area (Å²) in [7, 11) is 1.49. The van der Waals surface area contributed by atoms with Crippen LogP contribution >= 0.6 is 0 Å². The lowest BCUT2D eigenvalue weighted by Gasteiger charge is -2.35. The maximum atomic E-state index is 13.0. The van der Waals surface area contributed by atoms with E-state index in [4.69, 9.17) is 4.74 Å². The summed E-state index contributed by atoms with van der Waals surface area (Å²) in [4.78, 5) is 53.3. The highest BCUT2D eigenvalue weighted by Gasteiger charge is 2.82. The van der Waals surface area contributed by atoms with Crippen LogP contribution in [0.1, 0.15) is 13.8 Å². The fraction of sp³-hybridized carbons (Fsp3) is 0.412. The van der Waals surface area contributed by atoms with Gasteiger partial charge in [-0.25, -0.2) is 4.90 Å². The van der Waals surface area contributed by atoms with E-state index < -0.39 is 46.7 Å². The zero-order valence-electron chi connectivity index (χ0n) is 13.5. The van der Waals surface area contributed by atoms with Crippen molar-refractivity contribution in [3.8, 4) is 0 Å². The zero-order valence-corrected chi connectivity index (χ0v) is 13.5. The number of carbonyl (C=O) groups excluding carboxylic acids is 4. The summed E-state index contributed by atoms with van der Waals surface area (Å²) in [5, 5.41) is 0. The highest BCUT2D eigenvalue weighted by molar-refractivity contribution is 6.28. The van der Waals surface area contributed by atoms with E-state index in [2.05, 4.69) is 0 Å². The minimum Gasteiger partial charge on any atom is -0.330 e. The molecule has 3 fully saturated rings. The first kappa shape index (κ1) is 15.0. The molecule has 7 heteroatoms. The lowest BCUT2D eigenvalue weighted by Crippen LogP contribution is -2.59. The number of benzene rings is 1. The molecule has 0 spiro atoms. The molecule has 7 nitrogen and oxygen atoms in total. The Hall–Kier alpha value is -2.54. The first-order valence-electron chi connectivity index (χ1n) is 7.69. The summed E-state index contributed by atoms with van der Waals surface area (Å²) in [6, 6.07) is 8.50. The highest BCUT2D eigenvalue weighted by Crippen LogP contribution is 2.59. The van der Waals surface area contributed by atoms with E-state index in [-0.39, 0.29) is 0 Å². The lowest BCUT2D eigenvalue weighted by molar-refractivity contribution is -0.154. The normalized spacial score (nSPS) is 37.4. The van der Waals surface area contributed by atoms with E-state index in [0.29, 0.717) is 5.69 Å². The Kier molecular flexibility index (Phi) is 2.69. The molecule has 124 valence electrons. The third-order valence-electron chi connectivity index (χ3n) is 5.51. The first-order chi connectivity index (χ1) is 11.3. The Morgan fingerprint density at radius 2 is 1.67 bits per heavy atom. The van der Waals surface area contributed by atoms with Crippen molar-refractivity contribution in [3.63, 3.8) is 0 Å². The molecule has 4 atom stereocenters. The fourth-order valence-corrected chi connectivity index (χ4v) is 4.25. The second-order valence-corrected chi connectivity index (χ2v) is 6.62. The second-order valence-electron chi connectivity index (χ2n) is 6.62. The van der Waals surface area contributed by atoms with Crippen LogP contribution in [0, 0.1) is 11.8 Å². The molecule has 1 aromatic rings. The van der Waals surface area contributed by atoms with Crippen LogP contribution in [0.5, 0.6) is 0 Å². The van der Waals surface area contributed by atoms with Gasteiger partial charge in [-0.2, -0.15) is 0 Å². The van der Waals surface area contributed by atoms with Crippen molar-refractivity contribution in [2.45, 2.75) is 25.2 Å². The molecule has 3 heterocycles. The Labute approximate surface area is 138 Å². The number of amides is 3. The molecule has 4 rings (SSSR count). The number of para-hydroxylation sites is 1. The number of likely N-dealkylation sites (N-methyl/N-ethyl adjacent to an activating group) is 1. The predicted octanol–water partition coefficient (Wildman–Crippen LogP) is 0.338. The predicted molar refractivity (Wildman–Crippen MR) is 81.6 cm³/mol. The smallest absolute Gasteiger partial charge is 0.265 e. The number of imide groups is 1. The van der Waals surface area contributed by atoms with Crippen molar-refractivity contribution in [1.82, 2.24) is 4.90 Å². The van der Waals surface area contributed by atoms with Crippen molar-refractivity contribution < 1.29 is 23.9 Å². The van der Waals surface area contributed by atoms with Crippen LogP contribution in [-0.4, -0.2) is 46.8 Å². The van der Waals surface area contributed by atoms with Gasteiger partial charge in [0, 0.05) is 7.05 Å². The van der Waals surface area contributed by atoms with Crippen LogP contribution in [-0.2, 0) is 23.9 Å². The lowest BCUT2D eigenvalue weighted by atomic mass is 9.73. The molecule has 3 amide bonds. The molecule has 4 unspecified atom stereocenters. The van der Waals surface area contributed by atoms with Crippen LogP contribution in [0.15, 0.2) is 30.3 Å². The monoisotopic (exact) mass is 328 g/mol. The molecule has 3 aliphatic heterocycles. The zero-order chi connectivity index (χ0) is 17.4. The number of rotatable bonds is 2. The van der Waals surface area contributed by atoms with Crippen molar-refractivity contribution in [2.24, 2.45) is 11.8 Å². The molecule has 24 heavy (non-hydrogen) atoms. The summed E-state index contributed by atoms with van der Waals surface area (Å²) in [6.07, 6.45) is 0. The minimum absolute atomic E-state index is 0.429. The number of fused-ring (bicyclic) bond motifs is 5. The van der Waals surface area contributed by atoms with Gasteiger partial charge in [-0.15, -0.1) is 0 Å². The van der Waals surface area contributed by atoms with E-state index in [0.717, 1.165) is 4.90 Å². The average molecular weight is 328 g/mol. The molecular formula is C17H16N2O5. The van der Waals surface area contributed by atoms with Gasteiger partial charge >= 0.3 is 0 Å². The number of nitrogens with zero attached hydrogens (tertiary/aromatic N) is 2. The van der Waals surface area contributed by atoms with Gasteiger partial charge in [-0.3, -0.25) is 19.2 Å². The van der Waals surface area contributed by atoms with E-state index in [1.54, 1.807) is 37.3 Å². The molecule has 0 N–H and O–H groups in total. The van der Waals surface area contributed by atoms with E-state index in [1.165, 1.54) is 18.9 Å². The molecule has 1 aromatic carbocycles. The number of likely N-dealkylation sites (tertiary alicyclic amines) is 1. The quantitative estimate of drug-likeness (QED) is 0.577. The van der Waals surface area contributed by atoms with E-state index in [9.17, 15) is 19.2 Å². The summed E-state index contributed by atoms with van der Waals surface area (Å²) in [6.45, 7) is 2.81. The van der Waals surface area contributed by atoms with Crippen molar-refractivity contribution >= 4 is 29.2 Å². The maximum Gasteiger partial charge on any atom is 0.265 e. The SMILES string of the molecule is CC(=O)C12OC(C)(C3C(=O)N(c4ccccc4)C(=O)C31)N(C)C2=O. The molecule has 2 bridgehead atoms. The van der Waals surface area contributed by atoms with Crippen molar-refractivity contribution in [3.05, 3.63) is 30.3 Å². The van der Waals surface area contributed by atoms with Gasteiger partial charge in [0.1, 0.15) is 11.8 Å². The van der Waals surface area contributed by atoms with Gasteiger partial charge in [0.2, 0.25) is 17.4 Å². The van der Waals surface area contributed by atoms with Gasteiger partial charge in [0.15, 0.2) is 11.5 Å². The van der Waals surface area contributed by atoms with Crippen LogP contribution in [0.3, 0.4) is 0 Å². The molecule has 0 saturated carbocycles. The Balaban J connectivity index is 1.90. The number of hydrogen-bond donors (Lipinski definition) is 0. The topological polar surface area (TPSA) is 84.0 Å². The molecule has 0 aromatic heterocycles. The van der Waals surface area contributed by atoms with Gasteiger partial charge in [0.25, 0.3) is 5.91 Å². The Morgan fingerprint density at radius 3 is 2.25 bits per heavy atom. The maximum absolute atomic E-state index is 13.0. The highest BCUT2D eigenvalue weighted by atomic mass is 16.6. The number of Topliss-reactive ketones (excluding diaryl/α,β-unsaturated/α-hetero) is 1. The second kappa shape index (κ2) is 4.30. The van der Waals surface area contributed by atoms with Gasteiger partial charge in [0.05, 0.1) is 5.69 Å². The summed E-state index contributed by atoms with van der Waals surface area (Å²) >= 11 is 0. The van der Waals surface area contributed by atoms with Crippen molar-refractivity contribution in [1.29, 1.82) is 0 Å². The van der Waals surface area contributed by atoms with E-state index >= 15 is 0 Å². The van der Waals surface area contributed by atoms with E-state index in [1.807, 2.05) is 0 Å². The third kappa shape index (κ3) is 1.37. The standard InChI is InChI=1S/C17H16N2O5/c1-9(20)17-12-11(16(2,24-17)18(3)15(17)23)13(21)19(14(12)22)10-7-5-4-6-8-10/h4-8,11-12H,1-3H3.